The molecule has 1 atom stereocenters. The van der Waals surface area contributed by atoms with E-state index in [1.54, 1.807) is 0 Å². The molecule has 1 aliphatic heterocycles. The Kier molecular flexibility index (Phi) is 4.90. The molecule has 0 fully saturated rings. The van der Waals surface area contributed by atoms with Gasteiger partial charge in [-0.05, 0) is 30.5 Å². The smallest absolute Gasteiger partial charge is 0.282 e. The van der Waals surface area contributed by atoms with Crippen LogP contribution in [0.5, 0.6) is 0 Å². The molecule has 3 N–H and O–H groups in total. The average Bonchev–Trinajstić information content (AvgIpc) is 3.00. The predicted molar refractivity (Wildman–Crippen MR) is 91.1 cm³/mol. The van der Waals surface area contributed by atoms with Crippen LogP contribution in [0, 0.1) is 0 Å². The number of nitrogens with one attached hydrogen (secondary N) is 1. The largest absolute Gasteiger partial charge is 0.463 e. The first-order chi connectivity index (χ1) is 11.6. The van der Waals surface area contributed by atoms with Crippen LogP contribution in [0.15, 0.2) is 41.7 Å². The quantitative estimate of drug-likeness (QED) is 0.863. The van der Waals surface area contributed by atoms with Crippen molar-refractivity contribution < 1.29 is 9.53 Å². The summed E-state index contributed by atoms with van der Waals surface area (Å²) >= 11 is 5.73. The molecule has 24 heavy (non-hydrogen) atoms. The standard InChI is InChI=1S/C16H16ClN5O2/c17-14-8-19-7-13(22-14)15(23)20-11-4-1-10(2-5-11)3-6-12-9-24-16(18)21-12/h1-2,4-5,7-8,12H,3,6,9H2,(H2,18,21)(H,20,23)/t12-/m0/s1. The fourth-order valence-corrected chi connectivity index (χ4v) is 2.47. The van der Waals surface area contributed by atoms with Crippen molar-refractivity contribution in [2.45, 2.75) is 18.9 Å². The Bertz CT molecular complexity index is 763. The summed E-state index contributed by atoms with van der Waals surface area (Å²) < 4.78 is 5.13. The molecule has 1 amide bonds. The molecule has 0 saturated carbocycles. The zero-order valence-electron chi connectivity index (χ0n) is 12.8. The summed E-state index contributed by atoms with van der Waals surface area (Å²) in [6.07, 6.45) is 4.47. The maximum atomic E-state index is 12.1. The van der Waals surface area contributed by atoms with Crippen molar-refractivity contribution in [2.24, 2.45) is 10.7 Å². The van der Waals surface area contributed by atoms with E-state index >= 15 is 0 Å². The van der Waals surface area contributed by atoms with Gasteiger partial charge in [0.05, 0.1) is 18.4 Å². The Morgan fingerprint density at radius 1 is 1.33 bits per heavy atom. The maximum Gasteiger partial charge on any atom is 0.282 e. The number of ether oxygens (including phenoxy) is 1. The number of carbonyl (C=O) groups is 1. The van der Waals surface area contributed by atoms with Gasteiger partial charge in [-0.2, -0.15) is 0 Å². The van der Waals surface area contributed by atoms with Crippen molar-refractivity contribution in [1.82, 2.24) is 9.97 Å². The second-order valence-corrected chi connectivity index (χ2v) is 5.74. The molecule has 0 spiro atoms. The highest BCUT2D eigenvalue weighted by Gasteiger charge is 2.16. The number of hydrogen-bond acceptors (Lipinski definition) is 6. The normalized spacial score (nSPS) is 16.4. The van der Waals surface area contributed by atoms with Gasteiger partial charge in [0.15, 0.2) is 0 Å². The number of halogens is 1. The van der Waals surface area contributed by atoms with Crippen LogP contribution < -0.4 is 11.1 Å². The number of nitrogens with two attached hydrogens (primary N) is 1. The zero-order valence-corrected chi connectivity index (χ0v) is 13.5. The first-order valence-electron chi connectivity index (χ1n) is 7.44. The molecular weight excluding hydrogens is 330 g/mol. The molecule has 0 radical (unpaired) electrons. The van der Waals surface area contributed by atoms with E-state index in [0.29, 0.717) is 12.3 Å². The first-order valence-corrected chi connectivity index (χ1v) is 7.82. The van der Waals surface area contributed by atoms with E-state index in [4.69, 9.17) is 22.1 Å². The molecule has 2 heterocycles. The number of nitrogens with zero attached hydrogens (tertiary/aromatic N) is 3. The van der Waals surface area contributed by atoms with E-state index in [0.717, 1.165) is 18.4 Å². The third-order valence-electron chi connectivity index (χ3n) is 3.55. The molecule has 0 saturated heterocycles. The van der Waals surface area contributed by atoms with E-state index in [9.17, 15) is 4.79 Å². The number of benzene rings is 1. The summed E-state index contributed by atoms with van der Waals surface area (Å²) in [5.74, 6) is -0.356. The lowest BCUT2D eigenvalue weighted by atomic mass is 10.1. The topological polar surface area (TPSA) is 102 Å². The number of aliphatic imine (C=N–C) groups is 1. The number of amidine groups is 1. The third kappa shape index (κ3) is 4.20. The summed E-state index contributed by atoms with van der Waals surface area (Å²) in [6.45, 7) is 0.542. The highest BCUT2D eigenvalue weighted by Crippen LogP contribution is 2.15. The molecule has 1 aromatic carbocycles. The van der Waals surface area contributed by atoms with E-state index in [-0.39, 0.29) is 28.8 Å². The van der Waals surface area contributed by atoms with Gasteiger partial charge in [0.1, 0.15) is 17.5 Å². The van der Waals surface area contributed by atoms with Crippen LogP contribution >= 0.6 is 11.6 Å². The van der Waals surface area contributed by atoms with E-state index in [1.807, 2.05) is 24.3 Å². The monoisotopic (exact) mass is 345 g/mol. The Morgan fingerprint density at radius 3 is 2.79 bits per heavy atom. The highest BCUT2D eigenvalue weighted by atomic mass is 35.5. The van der Waals surface area contributed by atoms with E-state index in [1.165, 1.54) is 12.4 Å². The average molecular weight is 346 g/mol. The number of anilines is 1. The van der Waals surface area contributed by atoms with Crippen LogP contribution in [0.3, 0.4) is 0 Å². The summed E-state index contributed by atoms with van der Waals surface area (Å²) in [4.78, 5) is 24.0. The molecule has 3 rings (SSSR count). The highest BCUT2D eigenvalue weighted by molar-refractivity contribution is 6.29. The second-order valence-electron chi connectivity index (χ2n) is 5.35. The number of amides is 1. The summed E-state index contributed by atoms with van der Waals surface area (Å²) in [5, 5.41) is 2.94. The van der Waals surface area contributed by atoms with Gasteiger partial charge >= 0.3 is 0 Å². The van der Waals surface area contributed by atoms with Gasteiger partial charge in [-0.3, -0.25) is 9.78 Å². The van der Waals surface area contributed by atoms with Crippen LogP contribution in [-0.2, 0) is 11.2 Å². The lowest BCUT2D eigenvalue weighted by molar-refractivity contribution is 0.102. The number of carbonyl (C=O) groups excluding carboxylic acids is 1. The lowest BCUT2D eigenvalue weighted by Crippen LogP contribution is -2.14. The Balaban J connectivity index is 1.55. The fourth-order valence-electron chi connectivity index (χ4n) is 2.32. The molecular formula is C16H16ClN5O2. The third-order valence-corrected chi connectivity index (χ3v) is 3.73. The van der Waals surface area contributed by atoms with Crippen LogP contribution in [0.4, 0.5) is 5.69 Å². The fraction of sp³-hybridized carbons (Fsp3) is 0.250. The minimum Gasteiger partial charge on any atom is -0.463 e. The molecule has 2 aromatic rings. The van der Waals surface area contributed by atoms with Crippen LogP contribution in [0.1, 0.15) is 22.5 Å². The predicted octanol–water partition coefficient (Wildman–Crippen LogP) is 2.03. The number of aryl methyl sites for hydroxylation is 1. The molecule has 1 aromatic heterocycles. The van der Waals surface area contributed by atoms with Crippen molar-refractivity contribution in [2.75, 3.05) is 11.9 Å². The molecule has 8 heteroatoms. The minimum absolute atomic E-state index is 0.116. The van der Waals surface area contributed by atoms with Gasteiger partial charge in [-0.15, -0.1) is 0 Å². The van der Waals surface area contributed by atoms with E-state index < -0.39 is 0 Å². The van der Waals surface area contributed by atoms with Crippen molar-refractivity contribution in [3.63, 3.8) is 0 Å². The van der Waals surface area contributed by atoms with Crippen LogP contribution in [0.25, 0.3) is 0 Å². The van der Waals surface area contributed by atoms with Crippen molar-refractivity contribution in [3.8, 4) is 0 Å². The van der Waals surface area contributed by atoms with E-state index in [2.05, 4.69) is 20.3 Å². The van der Waals surface area contributed by atoms with Crippen molar-refractivity contribution >= 4 is 29.2 Å². The van der Waals surface area contributed by atoms with Crippen LogP contribution in [-0.4, -0.2) is 34.5 Å². The Morgan fingerprint density at radius 2 is 2.12 bits per heavy atom. The van der Waals surface area contributed by atoms with Crippen molar-refractivity contribution in [1.29, 1.82) is 0 Å². The van der Waals surface area contributed by atoms with Gasteiger partial charge in [0.25, 0.3) is 11.9 Å². The van der Waals surface area contributed by atoms with Crippen molar-refractivity contribution in [3.05, 3.63) is 53.1 Å². The molecule has 7 nitrogen and oxygen atoms in total. The number of hydrogen-bond donors (Lipinski definition) is 2. The van der Waals surface area contributed by atoms with Gasteiger partial charge in [0.2, 0.25) is 0 Å². The number of rotatable bonds is 5. The van der Waals surface area contributed by atoms with Gasteiger partial charge in [-0.1, -0.05) is 23.7 Å². The molecule has 0 aliphatic carbocycles. The molecule has 0 unspecified atom stereocenters. The Labute approximate surface area is 143 Å². The summed E-state index contributed by atoms with van der Waals surface area (Å²) in [7, 11) is 0. The minimum atomic E-state index is -0.356. The lowest BCUT2D eigenvalue weighted by Gasteiger charge is -2.07. The van der Waals surface area contributed by atoms with Crippen LogP contribution in [0.2, 0.25) is 5.15 Å². The van der Waals surface area contributed by atoms with Gasteiger partial charge in [-0.25, -0.2) is 9.98 Å². The molecule has 1 aliphatic rings. The Hall–Kier alpha value is -2.67. The summed E-state index contributed by atoms with van der Waals surface area (Å²) in [5.41, 5.74) is 7.48. The summed E-state index contributed by atoms with van der Waals surface area (Å²) in [6, 6.07) is 7.99. The molecule has 0 bridgehead atoms. The molecule has 124 valence electrons. The second kappa shape index (κ2) is 7.27. The zero-order chi connectivity index (χ0) is 16.9. The van der Waals surface area contributed by atoms with Gasteiger partial charge in [0, 0.05) is 5.69 Å². The SMILES string of the molecule is NC1=N[C@@H](CCc2ccc(NC(=O)c3cncc(Cl)n3)cc2)CO1. The van der Waals surface area contributed by atoms with Gasteiger partial charge < -0.3 is 15.8 Å². The number of aromatic nitrogens is 2. The maximum absolute atomic E-state index is 12.1. The first kappa shape index (κ1) is 16.2.